The van der Waals surface area contributed by atoms with Crippen LogP contribution in [0, 0.1) is 6.92 Å². The quantitative estimate of drug-likeness (QED) is 0.893. The fourth-order valence-electron chi connectivity index (χ4n) is 2.70. The van der Waals surface area contributed by atoms with Crippen molar-refractivity contribution in [2.45, 2.75) is 13.8 Å². The second-order valence-corrected chi connectivity index (χ2v) is 6.59. The number of halogens is 1. The third-order valence-corrected chi connectivity index (χ3v) is 4.75. The van der Waals surface area contributed by atoms with Gasteiger partial charge in [0, 0.05) is 56.2 Å². The van der Waals surface area contributed by atoms with Gasteiger partial charge in [-0.25, -0.2) is 9.97 Å². The highest BCUT2D eigenvalue weighted by atomic mass is 35.5. The number of piperazine rings is 1. The molecule has 8 heteroatoms. The standard InChI is InChI=1S/C18H20ClN5O2/c1-12-3-4-15(9-16(12)19)22-17(26)14-10-20-18(21-11-14)24-7-5-23(6-8-24)13(2)25/h3-4,9-11H,5-8H2,1-2H3,(H,22,26). The van der Waals surface area contributed by atoms with E-state index in [9.17, 15) is 9.59 Å². The molecule has 0 spiro atoms. The first-order chi connectivity index (χ1) is 12.4. The smallest absolute Gasteiger partial charge is 0.258 e. The van der Waals surface area contributed by atoms with E-state index in [1.54, 1.807) is 24.0 Å². The number of hydrogen-bond acceptors (Lipinski definition) is 5. The van der Waals surface area contributed by atoms with E-state index in [1.807, 2.05) is 17.9 Å². The summed E-state index contributed by atoms with van der Waals surface area (Å²) in [6.07, 6.45) is 3.01. The molecule has 0 radical (unpaired) electrons. The zero-order chi connectivity index (χ0) is 18.7. The Bertz CT molecular complexity index is 817. The lowest BCUT2D eigenvalue weighted by atomic mass is 10.2. The Kier molecular flexibility index (Phi) is 5.37. The zero-order valence-electron chi connectivity index (χ0n) is 14.7. The van der Waals surface area contributed by atoms with Crippen molar-refractivity contribution in [3.05, 3.63) is 46.7 Å². The summed E-state index contributed by atoms with van der Waals surface area (Å²) in [6.45, 7) is 6.11. The van der Waals surface area contributed by atoms with Gasteiger partial charge in [0.25, 0.3) is 5.91 Å². The van der Waals surface area contributed by atoms with Crippen LogP contribution in [-0.2, 0) is 4.79 Å². The zero-order valence-corrected chi connectivity index (χ0v) is 15.5. The molecule has 1 aromatic heterocycles. The molecule has 1 N–H and O–H groups in total. The van der Waals surface area contributed by atoms with Crippen molar-refractivity contribution in [3.63, 3.8) is 0 Å². The summed E-state index contributed by atoms with van der Waals surface area (Å²) in [5, 5.41) is 3.38. The highest BCUT2D eigenvalue weighted by Crippen LogP contribution is 2.20. The molecule has 1 fully saturated rings. The average Bonchev–Trinajstić information content (AvgIpc) is 2.65. The minimum atomic E-state index is -0.294. The molecular formula is C18H20ClN5O2. The fraction of sp³-hybridized carbons (Fsp3) is 0.333. The van der Waals surface area contributed by atoms with Gasteiger partial charge in [-0.15, -0.1) is 0 Å². The number of carbonyl (C=O) groups excluding carboxylic acids is 2. The van der Waals surface area contributed by atoms with Crippen molar-refractivity contribution in [1.82, 2.24) is 14.9 Å². The summed E-state index contributed by atoms with van der Waals surface area (Å²) < 4.78 is 0. The van der Waals surface area contributed by atoms with Crippen LogP contribution < -0.4 is 10.2 Å². The topological polar surface area (TPSA) is 78.4 Å². The summed E-state index contributed by atoms with van der Waals surface area (Å²) in [4.78, 5) is 36.1. The Morgan fingerprint density at radius 3 is 2.35 bits per heavy atom. The molecule has 0 atom stereocenters. The maximum atomic E-state index is 12.3. The van der Waals surface area contributed by atoms with E-state index < -0.39 is 0 Å². The molecule has 0 aliphatic carbocycles. The van der Waals surface area contributed by atoms with Crippen LogP contribution in [0.5, 0.6) is 0 Å². The minimum absolute atomic E-state index is 0.0776. The van der Waals surface area contributed by atoms with Gasteiger partial charge in [-0.2, -0.15) is 0 Å². The predicted octanol–water partition coefficient (Wildman–Crippen LogP) is 2.36. The van der Waals surface area contributed by atoms with Crippen LogP contribution in [0.1, 0.15) is 22.8 Å². The number of nitrogens with one attached hydrogen (secondary N) is 1. The first kappa shape index (κ1) is 18.1. The van der Waals surface area contributed by atoms with Crippen molar-refractivity contribution in [2.75, 3.05) is 36.4 Å². The number of aryl methyl sites for hydroxylation is 1. The number of carbonyl (C=O) groups is 2. The highest BCUT2D eigenvalue weighted by molar-refractivity contribution is 6.31. The molecule has 26 heavy (non-hydrogen) atoms. The van der Waals surface area contributed by atoms with E-state index in [1.165, 1.54) is 12.4 Å². The van der Waals surface area contributed by atoms with E-state index in [-0.39, 0.29) is 11.8 Å². The van der Waals surface area contributed by atoms with Gasteiger partial charge in [-0.1, -0.05) is 17.7 Å². The molecule has 1 aromatic carbocycles. The van der Waals surface area contributed by atoms with Gasteiger partial charge < -0.3 is 15.1 Å². The van der Waals surface area contributed by atoms with E-state index in [0.29, 0.717) is 48.4 Å². The number of amides is 2. The molecule has 0 bridgehead atoms. The van der Waals surface area contributed by atoms with Gasteiger partial charge in [0.15, 0.2) is 0 Å². The van der Waals surface area contributed by atoms with Gasteiger partial charge in [0.1, 0.15) is 0 Å². The highest BCUT2D eigenvalue weighted by Gasteiger charge is 2.20. The van der Waals surface area contributed by atoms with E-state index in [4.69, 9.17) is 11.6 Å². The van der Waals surface area contributed by atoms with Crippen molar-refractivity contribution in [1.29, 1.82) is 0 Å². The first-order valence-corrected chi connectivity index (χ1v) is 8.72. The molecule has 2 amide bonds. The van der Waals surface area contributed by atoms with Crippen LogP contribution >= 0.6 is 11.6 Å². The molecule has 1 aliphatic rings. The van der Waals surface area contributed by atoms with E-state index in [2.05, 4.69) is 15.3 Å². The van der Waals surface area contributed by atoms with Gasteiger partial charge in [0.2, 0.25) is 11.9 Å². The molecule has 0 saturated carbocycles. The first-order valence-electron chi connectivity index (χ1n) is 8.34. The van der Waals surface area contributed by atoms with Crippen LogP contribution in [-0.4, -0.2) is 52.9 Å². The Balaban J connectivity index is 1.63. The molecule has 7 nitrogen and oxygen atoms in total. The average molecular weight is 374 g/mol. The maximum Gasteiger partial charge on any atom is 0.258 e. The molecule has 1 saturated heterocycles. The van der Waals surface area contributed by atoms with Gasteiger partial charge in [-0.05, 0) is 24.6 Å². The number of aromatic nitrogens is 2. The summed E-state index contributed by atoms with van der Waals surface area (Å²) in [6, 6.07) is 5.35. The molecule has 3 rings (SSSR count). The van der Waals surface area contributed by atoms with Crippen molar-refractivity contribution in [3.8, 4) is 0 Å². The monoisotopic (exact) mass is 373 g/mol. The van der Waals surface area contributed by atoms with E-state index >= 15 is 0 Å². The lowest BCUT2D eigenvalue weighted by molar-refractivity contribution is -0.129. The van der Waals surface area contributed by atoms with Crippen LogP contribution in [0.2, 0.25) is 5.02 Å². The number of rotatable bonds is 3. The number of hydrogen-bond donors (Lipinski definition) is 1. The van der Waals surface area contributed by atoms with Crippen molar-refractivity contribution >= 4 is 35.1 Å². The third kappa shape index (κ3) is 4.11. The van der Waals surface area contributed by atoms with Gasteiger partial charge in [0.05, 0.1) is 5.56 Å². The maximum absolute atomic E-state index is 12.3. The molecule has 2 aromatic rings. The molecule has 0 unspecified atom stereocenters. The van der Waals surface area contributed by atoms with Crippen LogP contribution in [0.25, 0.3) is 0 Å². The Hall–Kier alpha value is -2.67. The summed E-state index contributed by atoms with van der Waals surface area (Å²) in [7, 11) is 0. The SMILES string of the molecule is CC(=O)N1CCN(c2ncc(C(=O)Nc3ccc(C)c(Cl)c3)cn2)CC1. The Morgan fingerprint density at radius 1 is 1.12 bits per heavy atom. The van der Waals surface area contributed by atoms with Gasteiger partial charge >= 0.3 is 0 Å². The summed E-state index contributed by atoms with van der Waals surface area (Å²) in [5.41, 5.74) is 1.94. The molecule has 136 valence electrons. The molecular weight excluding hydrogens is 354 g/mol. The lowest BCUT2D eigenvalue weighted by Gasteiger charge is -2.34. The third-order valence-electron chi connectivity index (χ3n) is 4.34. The fourth-order valence-corrected chi connectivity index (χ4v) is 2.88. The number of anilines is 2. The lowest BCUT2D eigenvalue weighted by Crippen LogP contribution is -2.48. The second-order valence-electron chi connectivity index (χ2n) is 6.18. The normalized spacial score (nSPS) is 14.3. The van der Waals surface area contributed by atoms with Crippen molar-refractivity contribution < 1.29 is 9.59 Å². The largest absolute Gasteiger partial charge is 0.339 e. The summed E-state index contributed by atoms with van der Waals surface area (Å²) in [5.74, 6) is 0.342. The number of benzene rings is 1. The van der Waals surface area contributed by atoms with Crippen LogP contribution in [0.4, 0.5) is 11.6 Å². The Labute approximate surface area is 157 Å². The predicted molar refractivity (Wildman–Crippen MR) is 101 cm³/mol. The second kappa shape index (κ2) is 7.70. The minimum Gasteiger partial charge on any atom is -0.339 e. The molecule has 2 heterocycles. The van der Waals surface area contributed by atoms with Crippen molar-refractivity contribution in [2.24, 2.45) is 0 Å². The van der Waals surface area contributed by atoms with Crippen LogP contribution in [0.3, 0.4) is 0 Å². The van der Waals surface area contributed by atoms with E-state index in [0.717, 1.165) is 5.56 Å². The number of nitrogens with zero attached hydrogens (tertiary/aromatic N) is 4. The summed E-state index contributed by atoms with van der Waals surface area (Å²) >= 11 is 6.07. The Morgan fingerprint density at radius 2 is 1.77 bits per heavy atom. The van der Waals surface area contributed by atoms with Crippen LogP contribution in [0.15, 0.2) is 30.6 Å². The molecule has 1 aliphatic heterocycles. The van der Waals surface area contributed by atoms with Gasteiger partial charge in [-0.3, -0.25) is 9.59 Å².